The normalized spacial score (nSPS) is 10.8. The van der Waals surface area contributed by atoms with Crippen LogP contribution >= 0.6 is 0 Å². The zero-order chi connectivity index (χ0) is 14.7. The standard InChI is InChI=1S/C16H18N4O/c1-3-14-5-6-15(21-14)11-18-13-4-7-16(19-10-13)20-9-8-17-12(20)2/h4-10,18H,3,11H2,1-2H3. The number of hydrogen-bond acceptors (Lipinski definition) is 4. The Morgan fingerprint density at radius 2 is 2.00 bits per heavy atom. The third-order valence-electron chi connectivity index (χ3n) is 3.35. The molecule has 0 aliphatic carbocycles. The molecular formula is C16H18N4O. The molecule has 0 radical (unpaired) electrons. The van der Waals surface area contributed by atoms with Crippen molar-refractivity contribution in [2.45, 2.75) is 26.8 Å². The van der Waals surface area contributed by atoms with Gasteiger partial charge in [0.15, 0.2) is 0 Å². The first-order valence-electron chi connectivity index (χ1n) is 7.04. The van der Waals surface area contributed by atoms with Gasteiger partial charge in [0, 0.05) is 18.8 Å². The summed E-state index contributed by atoms with van der Waals surface area (Å²) in [5.74, 6) is 3.73. The molecule has 0 unspecified atom stereocenters. The highest BCUT2D eigenvalue weighted by molar-refractivity contribution is 5.44. The highest BCUT2D eigenvalue weighted by Gasteiger charge is 2.03. The second kappa shape index (κ2) is 5.83. The monoisotopic (exact) mass is 282 g/mol. The van der Waals surface area contributed by atoms with Crippen LogP contribution in [0.5, 0.6) is 0 Å². The predicted molar refractivity (Wildman–Crippen MR) is 81.5 cm³/mol. The van der Waals surface area contributed by atoms with Crippen LogP contribution in [-0.2, 0) is 13.0 Å². The van der Waals surface area contributed by atoms with E-state index < -0.39 is 0 Å². The number of aryl methyl sites for hydroxylation is 2. The van der Waals surface area contributed by atoms with Gasteiger partial charge in [0.05, 0.1) is 18.4 Å². The van der Waals surface area contributed by atoms with Crippen molar-refractivity contribution in [2.75, 3.05) is 5.32 Å². The van der Waals surface area contributed by atoms with Crippen molar-refractivity contribution < 1.29 is 4.42 Å². The fourth-order valence-electron chi connectivity index (χ4n) is 2.15. The maximum absolute atomic E-state index is 5.66. The van der Waals surface area contributed by atoms with E-state index in [1.54, 1.807) is 6.20 Å². The Labute approximate surface area is 123 Å². The summed E-state index contributed by atoms with van der Waals surface area (Å²) in [7, 11) is 0. The summed E-state index contributed by atoms with van der Waals surface area (Å²) in [5.41, 5.74) is 0.964. The molecular weight excluding hydrogens is 264 g/mol. The van der Waals surface area contributed by atoms with E-state index in [2.05, 4.69) is 22.2 Å². The molecule has 0 amide bonds. The van der Waals surface area contributed by atoms with E-state index in [1.807, 2.05) is 48.1 Å². The molecule has 1 N–H and O–H groups in total. The number of furan rings is 1. The van der Waals surface area contributed by atoms with Gasteiger partial charge in [0.2, 0.25) is 0 Å². The van der Waals surface area contributed by atoms with Crippen molar-refractivity contribution in [3.63, 3.8) is 0 Å². The number of imidazole rings is 1. The molecule has 0 aliphatic heterocycles. The van der Waals surface area contributed by atoms with Gasteiger partial charge in [-0.15, -0.1) is 0 Å². The molecule has 3 rings (SSSR count). The van der Waals surface area contributed by atoms with Gasteiger partial charge in [0.1, 0.15) is 23.2 Å². The van der Waals surface area contributed by atoms with Crippen molar-refractivity contribution in [1.29, 1.82) is 0 Å². The van der Waals surface area contributed by atoms with Crippen molar-refractivity contribution >= 4 is 5.69 Å². The summed E-state index contributed by atoms with van der Waals surface area (Å²) in [6, 6.07) is 7.99. The highest BCUT2D eigenvalue weighted by atomic mass is 16.3. The lowest BCUT2D eigenvalue weighted by Crippen LogP contribution is -2.01. The topological polar surface area (TPSA) is 55.9 Å². The second-order valence-electron chi connectivity index (χ2n) is 4.82. The lowest BCUT2D eigenvalue weighted by atomic mass is 10.3. The zero-order valence-electron chi connectivity index (χ0n) is 12.2. The molecule has 5 nitrogen and oxygen atoms in total. The summed E-state index contributed by atoms with van der Waals surface area (Å²) < 4.78 is 7.61. The molecule has 0 aliphatic rings. The smallest absolute Gasteiger partial charge is 0.138 e. The van der Waals surface area contributed by atoms with Gasteiger partial charge in [-0.25, -0.2) is 9.97 Å². The maximum atomic E-state index is 5.66. The molecule has 3 aromatic rings. The van der Waals surface area contributed by atoms with E-state index >= 15 is 0 Å². The van der Waals surface area contributed by atoms with Crippen LogP contribution < -0.4 is 5.32 Å². The van der Waals surface area contributed by atoms with Crippen molar-refractivity contribution in [2.24, 2.45) is 0 Å². The minimum Gasteiger partial charge on any atom is -0.464 e. The van der Waals surface area contributed by atoms with Crippen molar-refractivity contribution in [3.05, 3.63) is 60.2 Å². The molecule has 0 fully saturated rings. The van der Waals surface area contributed by atoms with Crippen LogP contribution in [0.25, 0.3) is 5.82 Å². The van der Waals surface area contributed by atoms with Gasteiger partial charge in [-0.2, -0.15) is 0 Å². The molecule has 0 saturated heterocycles. The minimum absolute atomic E-state index is 0.658. The molecule has 21 heavy (non-hydrogen) atoms. The first-order chi connectivity index (χ1) is 10.3. The molecule has 3 heterocycles. The quantitative estimate of drug-likeness (QED) is 0.779. The fourth-order valence-corrected chi connectivity index (χ4v) is 2.15. The van der Waals surface area contributed by atoms with Crippen LogP contribution in [0.3, 0.4) is 0 Å². The Bertz CT molecular complexity index is 712. The van der Waals surface area contributed by atoms with Crippen LogP contribution in [-0.4, -0.2) is 14.5 Å². The van der Waals surface area contributed by atoms with E-state index in [1.165, 1.54) is 0 Å². The van der Waals surface area contributed by atoms with E-state index in [0.717, 1.165) is 35.3 Å². The van der Waals surface area contributed by atoms with E-state index in [9.17, 15) is 0 Å². The summed E-state index contributed by atoms with van der Waals surface area (Å²) in [5, 5.41) is 3.30. The van der Waals surface area contributed by atoms with Crippen LogP contribution in [0, 0.1) is 6.92 Å². The summed E-state index contributed by atoms with van der Waals surface area (Å²) in [6.45, 7) is 4.69. The van der Waals surface area contributed by atoms with Crippen molar-refractivity contribution in [1.82, 2.24) is 14.5 Å². The number of anilines is 1. The Balaban J connectivity index is 1.66. The number of rotatable bonds is 5. The van der Waals surface area contributed by atoms with Crippen molar-refractivity contribution in [3.8, 4) is 5.82 Å². The molecule has 0 atom stereocenters. The van der Waals surface area contributed by atoms with Gasteiger partial charge >= 0.3 is 0 Å². The Morgan fingerprint density at radius 1 is 1.14 bits per heavy atom. The highest BCUT2D eigenvalue weighted by Crippen LogP contribution is 2.14. The number of pyridine rings is 1. The third kappa shape index (κ3) is 2.97. The third-order valence-corrected chi connectivity index (χ3v) is 3.35. The first-order valence-corrected chi connectivity index (χ1v) is 7.04. The van der Waals surface area contributed by atoms with Crippen LogP contribution in [0.4, 0.5) is 5.69 Å². The molecule has 0 bridgehead atoms. The van der Waals surface area contributed by atoms with Gasteiger partial charge in [0.25, 0.3) is 0 Å². The van der Waals surface area contributed by atoms with Crippen LogP contribution in [0.2, 0.25) is 0 Å². The molecule has 3 aromatic heterocycles. The lowest BCUT2D eigenvalue weighted by molar-refractivity contribution is 0.476. The van der Waals surface area contributed by atoms with Crippen LogP contribution in [0.15, 0.2) is 47.3 Å². The van der Waals surface area contributed by atoms with E-state index in [4.69, 9.17) is 4.42 Å². The number of aromatic nitrogens is 3. The Kier molecular flexibility index (Phi) is 3.73. The SMILES string of the molecule is CCc1ccc(CNc2ccc(-n3ccnc3C)nc2)o1. The number of hydrogen-bond donors (Lipinski definition) is 1. The van der Waals surface area contributed by atoms with Gasteiger partial charge < -0.3 is 9.73 Å². The number of nitrogens with one attached hydrogen (secondary N) is 1. The average Bonchev–Trinajstić information content (AvgIpc) is 3.14. The predicted octanol–water partition coefficient (Wildman–Crippen LogP) is 3.34. The Hall–Kier alpha value is -2.56. The minimum atomic E-state index is 0.658. The summed E-state index contributed by atoms with van der Waals surface area (Å²) >= 11 is 0. The fraction of sp³-hybridized carbons (Fsp3) is 0.250. The number of nitrogens with zero attached hydrogens (tertiary/aromatic N) is 3. The molecule has 0 aromatic carbocycles. The second-order valence-corrected chi connectivity index (χ2v) is 4.82. The van der Waals surface area contributed by atoms with E-state index in [-0.39, 0.29) is 0 Å². The molecule has 5 heteroatoms. The summed E-state index contributed by atoms with van der Waals surface area (Å²) in [6.07, 6.45) is 6.41. The maximum Gasteiger partial charge on any atom is 0.138 e. The first kappa shape index (κ1) is 13.4. The van der Waals surface area contributed by atoms with Gasteiger partial charge in [-0.3, -0.25) is 4.57 Å². The van der Waals surface area contributed by atoms with Gasteiger partial charge in [-0.1, -0.05) is 6.92 Å². The Morgan fingerprint density at radius 3 is 2.62 bits per heavy atom. The lowest BCUT2D eigenvalue weighted by Gasteiger charge is -2.07. The zero-order valence-corrected chi connectivity index (χ0v) is 12.2. The van der Waals surface area contributed by atoms with Gasteiger partial charge in [-0.05, 0) is 31.2 Å². The average molecular weight is 282 g/mol. The summed E-state index contributed by atoms with van der Waals surface area (Å²) in [4.78, 5) is 8.64. The molecule has 108 valence electrons. The van der Waals surface area contributed by atoms with Crippen LogP contribution in [0.1, 0.15) is 24.3 Å². The van der Waals surface area contributed by atoms with E-state index in [0.29, 0.717) is 6.54 Å². The molecule has 0 spiro atoms. The largest absolute Gasteiger partial charge is 0.464 e. The molecule has 0 saturated carbocycles.